The molecule has 1 aliphatic heterocycles. The van der Waals surface area contributed by atoms with Crippen molar-refractivity contribution in [2.75, 3.05) is 19.4 Å². The van der Waals surface area contributed by atoms with E-state index in [0.29, 0.717) is 13.2 Å². The highest BCUT2D eigenvalue weighted by atomic mass is 79.9. The highest BCUT2D eigenvalue weighted by Crippen LogP contribution is 2.18. The molecule has 0 aliphatic carbocycles. The Balaban J connectivity index is 1.99. The van der Waals surface area contributed by atoms with Gasteiger partial charge in [-0.2, -0.15) is 0 Å². The molecule has 1 aromatic rings. The van der Waals surface area contributed by atoms with Crippen molar-refractivity contribution in [3.63, 3.8) is 0 Å². The Morgan fingerprint density at radius 3 is 2.89 bits per heavy atom. The summed E-state index contributed by atoms with van der Waals surface area (Å²) >= 11 is 3.39. The normalized spacial score (nSPS) is 20.1. The fourth-order valence-corrected chi connectivity index (χ4v) is 3.91. The van der Waals surface area contributed by atoms with E-state index in [-0.39, 0.29) is 11.9 Å². The van der Waals surface area contributed by atoms with Gasteiger partial charge in [-0.15, -0.1) is 0 Å². The van der Waals surface area contributed by atoms with E-state index in [4.69, 9.17) is 4.74 Å². The van der Waals surface area contributed by atoms with Gasteiger partial charge in [-0.3, -0.25) is 0 Å². The summed E-state index contributed by atoms with van der Waals surface area (Å²) in [5, 5.41) is 0. The highest BCUT2D eigenvalue weighted by molar-refractivity contribution is 9.10. The standard InChI is InChI=1S/C13H18BrNO3S/c1-15(9-11-4-2-5-12(14)8-11)19(16,17)10-13-6-3-7-18-13/h2,4-5,8,13H,3,6-7,9-10H2,1H3. The van der Waals surface area contributed by atoms with Crippen LogP contribution < -0.4 is 0 Å². The number of sulfonamides is 1. The Kier molecular flexibility index (Phi) is 5.00. The van der Waals surface area contributed by atoms with Crippen molar-refractivity contribution >= 4 is 26.0 Å². The van der Waals surface area contributed by atoms with Crippen molar-refractivity contribution < 1.29 is 13.2 Å². The van der Waals surface area contributed by atoms with E-state index < -0.39 is 10.0 Å². The van der Waals surface area contributed by atoms with Crippen molar-refractivity contribution in [3.8, 4) is 0 Å². The third-order valence-corrected chi connectivity index (χ3v) is 5.55. The predicted octanol–water partition coefficient (Wildman–Crippen LogP) is 2.39. The van der Waals surface area contributed by atoms with Gasteiger partial charge in [0.05, 0.1) is 11.9 Å². The molecule has 4 nitrogen and oxygen atoms in total. The van der Waals surface area contributed by atoms with Crippen LogP contribution in [0.25, 0.3) is 0 Å². The molecule has 19 heavy (non-hydrogen) atoms. The first-order valence-corrected chi connectivity index (χ1v) is 8.67. The lowest BCUT2D eigenvalue weighted by Gasteiger charge is -2.19. The maximum Gasteiger partial charge on any atom is 0.216 e. The zero-order valence-corrected chi connectivity index (χ0v) is 13.3. The molecule has 1 aromatic carbocycles. The lowest BCUT2D eigenvalue weighted by molar-refractivity contribution is 0.126. The van der Waals surface area contributed by atoms with Crippen LogP contribution in [0.3, 0.4) is 0 Å². The van der Waals surface area contributed by atoms with E-state index in [2.05, 4.69) is 15.9 Å². The second kappa shape index (κ2) is 6.35. The Labute approximate surface area is 122 Å². The summed E-state index contributed by atoms with van der Waals surface area (Å²) in [4.78, 5) is 0. The molecule has 1 aliphatic rings. The molecule has 0 bridgehead atoms. The molecular formula is C13H18BrNO3S. The fraction of sp³-hybridized carbons (Fsp3) is 0.538. The minimum absolute atomic E-state index is 0.0809. The maximum atomic E-state index is 12.2. The molecule has 1 heterocycles. The third-order valence-electron chi connectivity index (χ3n) is 3.19. The van der Waals surface area contributed by atoms with Crippen molar-refractivity contribution in [1.29, 1.82) is 0 Å². The van der Waals surface area contributed by atoms with Gasteiger partial charge in [-0.25, -0.2) is 12.7 Å². The van der Waals surface area contributed by atoms with E-state index in [1.165, 1.54) is 4.31 Å². The van der Waals surface area contributed by atoms with E-state index in [9.17, 15) is 8.42 Å². The molecule has 0 radical (unpaired) electrons. The molecule has 0 N–H and O–H groups in total. The monoisotopic (exact) mass is 347 g/mol. The van der Waals surface area contributed by atoms with Crippen LogP contribution in [-0.4, -0.2) is 38.2 Å². The van der Waals surface area contributed by atoms with Crippen molar-refractivity contribution in [2.24, 2.45) is 0 Å². The SMILES string of the molecule is CN(Cc1cccc(Br)c1)S(=O)(=O)CC1CCCO1. The van der Waals surface area contributed by atoms with Crippen LogP contribution in [-0.2, 0) is 21.3 Å². The van der Waals surface area contributed by atoms with Crippen LogP contribution >= 0.6 is 15.9 Å². The summed E-state index contributed by atoms with van der Waals surface area (Å²) in [6, 6.07) is 7.67. The van der Waals surface area contributed by atoms with Gasteiger partial charge in [0, 0.05) is 24.7 Å². The molecule has 0 aromatic heterocycles. The second-order valence-corrected chi connectivity index (χ2v) is 7.84. The van der Waals surface area contributed by atoms with Gasteiger partial charge in [-0.1, -0.05) is 28.1 Å². The van der Waals surface area contributed by atoms with E-state index in [1.807, 2.05) is 24.3 Å². The second-order valence-electron chi connectivity index (χ2n) is 4.80. The summed E-state index contributed by atoms with van der Waals surface area (Å²) in [5.74, 6) is 0.0809. The molecular weight excluding hydrogens is 330 g/mol. The summed E-state index contributed by atoms with van der Waals surface area (Å²) < 4.78 is 32.2. The third kappa shape index (κ3) is 4.27. The molecule has 1 atom stereocenters. The average Bonchev–Trinajstić information content (AvgIpc) is 2.81. The van der Waals surface area contributed by atoms with Gasteiger partial charge >= 0.3 is 0 Å². The lowest BCUT2D eigenvalue weighted by Crippen LogP contribution is -2.33. The van der Waals surface area contributed by atoms with Gasteiger partial charge in [0.25, 0.3) is 0 Å². The van der Waals surface area contributed by atoms with Crippen molar-refractivity contribution in [3.05, 3.63) is 34.3 Å². The van der Waals surface area contributed by atoms with Gasteiger partial charge in [0.15, 0.2) is 0 Å². The quantitative estimate of drug-likeness (QED) is 0.821. The number of halogens is 1. The van der Waals surface area contributed by atoms with Crippen LogP contribution in [0.5, 0.6) is 0 Å². The Morgan fingerprint density at radius 2 is 2.26 bits per heavy atom. The van der Waals surface area contributed by atoms with Crippen molar-refractivity contribution in [1.82, 2.24) is 4.31 Å². The lowest BCUT2D eigenvalue weighted by atomic mass is 10.2. The van der Waals surface area contributed by atoms with Gasteiger partial charge in [-0.05, 0) is 30.5 Å². The molecule has 1 saturated heterocycles. The van der Waals surface area contributed by atoms with Crippen LogP contribution in [0, 0.1) is 0 Å². The molecule has 6 heteroatoms. The van der Waals surface area contributed by atoms with Crippen molar-refractivity contribution in [2.45, 2.75) is 25.5 Å². The molecule has 1 fully saturated rings. The molecule has 0 spiro atoms. The molecule has 0 saturated carbocycles. The van der Waals surface area contributed by atoms with Gasteiger partial charge < -0.3 is 4.74 Å². The first kappa shape index (κ1) is 15.0. The number of hydrogen-bond donors (Lipinski definition) is 0. The first-order valence-electron chi connectivity index (χ1n) is 6.27. The minimum atomic E-state index is -3.26. The predicted molar refractivity (Wildman–Crippen MR) is 78.4 cm³/mol. The maximum absolute atomic E-state index is 12.2. The molecule has 1 unspecified atom stereocenters. The Bertz CT molecular complexity index is 526. The fourth-order valence-electron chi connectivity index (χ4n) is 2.13. The molecule has 0 amide bonds. The minimum Gasteiger partial charge on any atom is -0.377 e. The summed E-state index contributed by atoms with van der Waals surface area (Å²) in [7, 11) is -1.65. The average molecular weight is 348 g/mol. The largest absolute Gasteiger partial charge is 0.377 e. The smallest absolute Gasteiger partial charge is 0.216 e. The number of hydrogen-bond acceptors (Lipinski definition) is 3. The first-order chi connectivity index (χ1) is 8.97. The number of rotatable bonds is 5. The summed E-state index contributed by atoms with van der Waals surface area (Å²) in [6.07, 6.45) is 1.65. The zero-order valence-electron chi connectivity index (χ0n) is 10.9. The van der Waals surface area contributed by atoms with Crippen LogP contribution in [0.2, 0.25) is 0 Å². The number of nitrogens with zero attached hydrogens (tertiary/aromatic N) is 1. The number of benzene rings is 1. The van der Waals surface area contributed by atoms with Crippen LogP contribution in [0.4, 0.5) is 0 Å². The molecule has 106 valence electrons. The summed E-state index contributed by atoms with van der Waals surface area (Å²) in [6.45, 7) is 1.06. The Hall–Kier alpha value is -0.430. The van der Waals surface area contributed by atoms with Gasteiger partial charge in [0.2, 0.25) is 10.0 Å². The number of ether oxygens (including phenoxy) is 1. The van der Waals surface area contributed by atoms with Crippen LogP contribution in [0.1, 0.15) is 18.4 Å². The zero-order chi connectivity index (χ0) is 13.9. The topological polar surface area (TPSA) is 46.6 Å². The van der Waals surface area contributed by atoms with E-state index in [0.717, 1.165) is 22.9 Å². The van der Waals surface area contributed by atoms with E-state index in [1.54, 1.807) is 7.05 Å². The highest BCUT2D eigenvalue weighted by Gasteiger charge is 2.26. The van der Waals surface area contributed by atoms with Gasteiger partial charge in [0.1, 0.15) is 0 Å². The Morgan fingerprint density at radius 1 is 1.47 bits per heavy atom. The van der Waals surface area contributed by atoms with Crippen LogP contribution in [0.15, 0.2) is 28.7 Å². The molecule has 2 rings (SSSR count). The summed E-state index contributed by atoms with van der Waals surface area (Å²) in [5.41, 5.74) is 0.966. The van der Waals surface area contributed by atoms with E-state index >= 15 is 0 Å².